The highest BCUT2D eigenvalue weighted by Gasteiger charge is 2.01. The third kappa shape index (κ3) is 14.6. The van der Waals surface area contributed by atoms with Gasteiger partial charge in [0.25, 0.3) is 0 Å². The molecule has 0 aliphatic rings. The van der Waals surface area contributed by atoms with E-state index in [9.17, 15) is 8.42 Å². The Bertz CT molecular complexity index is 162. The van der Waals surface area contributed by atoms with Gasteiger partial charge in [-0.25, -0.2) is 0 Å². The van der Waals surface area contributed by atoms with Gasteiger partial charge in [-0.3, -0.25) is 8.37 Å². The maximum Gasteiger partial charge on any atom is 0.399 e. The zero-order chi connectivity index (χ0) is 10.7. The number of methoxy groups -OCH3 is 2. The van der Waals surface area contributed by atoms with Gasteiger partial charge < -0.3 is 9.47 Å². The van der Waals surface area contributed by atoms with Gasteiger partial charge in [-0.05, 0) is 0 Å². The normalized spacial score (nSPS) is 10.5. The largest absolute Gasteiger partial charge is 0.399 e. The topological polar surface area (TPSA) is 71.1 Å². The Balaban J connectivity index is 0. The van der Waals surface area contributed by atoms with Crippen LogP contribution in [-0.4, -0.2) is 50.1 Å². The van der Waals surface area contributed by atoms with Crippen molar-refractivity contribution in [3.8, 4) is 0 Å². The summed E-state index contributed by atoms with van der Waals surface area (Å²) in [5.74, 6) is 0. The second kappa shape index (κ2) is 9.87. The maximum atomic E-state index is 9.92. The summed E-state index contributed by atoms with van der Waals surface area (Å²) in [5.41, 5.74) is 0. The molecule has 13 heavy (non-hydrogen) atoms. The molecule has 0 rings (SSSR count). The maximum absolute atomic E-state index is 9.92. The van der Waals surface area contributed by atoms with Crippen molar-refractivity contribution in [2.75, 3.05) is 41.7 Å². The molecule has 0 unspecified atom stereocenters. The minimum Gasteiger partial charge on any atom is -0.382 e. The summed E-state index contributed by atoms with van der Waals surface area (Å²) >= 11 is 0. The molecule has 0 aromatic rings. The fourth-order valence-corrected chi connectivity index (χ4v) is 0.371. The molecule has 0 bridgehead atoms. The van der Waals surface area contributed by atoms with Gasteiger partial charge in [0.1, 0.15) is 0 Å². The van der Waals surface area contributed by atoms with Crippen LogP contribution in [0.2, 0.25) is 0 Å². The molecule has 0 aliphatic carbocycles. The molecule has 0 heterocycles. The fourth-order valence-electron chi connectivity index (χ4n) is 0.235. The predicted octanol–water partition coefficient (Wildman–Crippen LogP) is -0.197. The van der Waals surface area contributed by atoms with Gasteiger partial charge in [0.05, 0.1) is 27.4 Å². The van der Waals surface area contributed by atoms with E-state index in [-0.39, 0.29) is 0 Å². The number of hydrogen-bond donors (Lipinski definition) is 0. The van der Waals surface area contributed by atoms with Crippen LogP contribution in [0.3, 0.4) is 0 Å². The molecule has 0 fully saturated rings. The smallest absolute Gasteiger partial charge is 0.382 e. The van der Waals surface area contributed by atoms with Crippen LogP contribution in [-0.2, 0) is 28.2 Å². The Kier molecular flexibility index (Phi) is 11.6. The van der Waals surface area contributed by atoms with Crippen LogP contribution in [0.15, 0.2) is 0 Å². The quantitative estimate of drug-likeness (QED) is 0.593. The van der Waals surface area contributed by atoms with E-state index in [1.807, 2.05) is 0 Å². The van der Waals surface area contributed by atoms with Crippen LogP contribution in [0.1, 0.15) is 0 Å². The summed E-state index contributed by atoms with van der Waals surface area (Å²) in [7, 11) is 1.70. The summed E-state index contributed by atoms with van der Waals surface area (Å²) in [6, 6.07) is 0. The summed E-state index contributed by atoms with van der Waals surface area (Å²) in [5, 5.41) is 0. The lowest BCUT2D eigenvalue weighted by Gasteiger charge is -1.91. The van der Waals surface area contributed by atoms with E-state index >= 15 is 0 Å². The zero-order valence-corrected chi connectivity index (χ0v) is 9.09. The highest BCUT2D eigenvalue weighted by atomic mass is 32.3. The molecule has 0 spiro atoms. The van der Waals surface area contributed by atoms with E-state index in [2.05, 4.69) is 17.8 Å². The van der Waals surface area contributed by atoms with Gasteiger partial charge in [-0.2, -0.15) is 8.42 Å². The van der Waals surface area contributed by atoms with E-state index in [0.29, 0.717) is 13.2 Å². The Hall–Kier alpha value is -0.210. The van der Waals surface area contributed by atoms with Crippen molar-refractivity contribution in [3.63, 3.8) is 0 Å². The second-order valence-electron chi connectivity index (χ2n) is 1.73. The van der Waals surface area contributed by atoms with E-state index in [1.165, 1.54) is 0 Å². The Morgan fingerprint density at radius 3 is 1.23 bits per heavy atom. The lowest BCUT2D eigenvalue weighted by atomic mass is 10.8. The van der Waals surface area contributed by atoms with Crippen molar-refractivity contribution in [2.24, 2.45) is 0 Å². The summed E-state index contributed by atoms with van der Waals surface area (Å²) in [4.78, 5) is 0. The van der Waals surface area contributed by atoms with Crippen molar-refractivity contribution in [2.45, 2.75) is 0 Å². The summed E-state index contributed by atoms with van der Waals surface area (Å²) in [6.45, 7) is 1.38. The standard InChI is InChI=1S/C4H10O2.C2H6O4S/c1-5-3-4-6-2;1-5-7(3,4)6-2/h3-4H2,1-2H3;1-2H3. The van der Waals surface area contributed by atoms with Crippen LogP contribution in [0.25, 0.3) is 0 Å². The second-order valence-corrected chi connectivity index (χ2v) is 3.21. The number of ether oxygens (including phenoxy) is 2. The third-order valence-corrected chi connectivity index (χ3v) is 1.72. The van der Waals surface area contributed by atoms with Crippen LogP contribution < -0.4 is 0 Å². The van der Waals surface area contributed by atoms with E-state index in [4.69, 9.17) is 0 Å². The zero-order valence-electron chi connectivity index (χ0n) is 8.27. The van der Waals surface area contributed by atoms with Crippen LogP contribution in [0.4, 0.5) is 0 Å². The molecule has 0 aromatic heterocycles. The number of hydrogen-bond acceptors (Lipinski definition) is 6. The van der Waals surface area contributed by atoms with Crippen molar-refractivity contribution in [1.82, 2.24) is 0 Å². The van der Waals surface area contributed by atoms with Gasteiger partial charge in [-0.1, -0.05) is 0 Å². The van der Waals surface area contributed by atoms with E-state index in [1.54, 1.807) is 14.2 Å². The molecular weight excluding hydrogens is 200 g/mol. The first-order valence-electron chi connectivity index (χ1n) is 3.38. The molecule has 82 valence electrons. The monoisotopic (exact) mass is 216 g/mol. The SMILES string of the molecule is COCCOC.COS(=O)(=O)OC. The molecular formula is C6H16O6S. The minimum absolute atomic E-state index is 0.691. The van der Waals surface area contributed by atoms with Crippen molar-refractivity contribution in [1.29, 1.82) is 0 Å². The van der Waals surface area contributed by atoms with Crippen LogP contribution in [0, 0.1) is 0 Å². The molecule has 0 saturated heterocycles. The van der Waals surface area contributed by atoms with Crippen molar-refractivity contribution in [3.05, 3.63) is 0 Å². The first-order valence-corrected chi connectivity index (χ1v) is 4.71. The average Bonchev–Trinajstić information content (AvgIpc) is 2.16. The Morgan fingerprint density at radius 2 is 1.15 bits per heavy atom. The predicted molar refractivity (Wildman–Crippen MR) is 46.7 cm³/mol. The molecule has 0 aliphatic heterocycles. The van der Waals surface area contributed by atoms with Gasteiger partial charge in [0, 0.05) is 14.2 Å². The molecule has 0 aromatic carbocycles. The minimum atomic E-state index is -3.66. The molecule has 0 radical (unpaired) electrons. The Morgan fingerprint density at radius 1 is 0.846 bits per heavy atom. The first-order chi connectivity index (χ1) is 6.04. The van der Waals surface area contributed by atoms with Crippen LogP contribution >= 0.6 is 0 Å². The molecule has 6 nitrogen and oxygen atoms in total. The summed E-state index contributed by atoms with van der Waals surface area (Å²) < 4.78 is 36.8. The lowest BCUT2D eigenvalue weighted by molar-refractivity contribution is 0.103. The molecule has 0 N–H and O–H groups in total. The number of rotatable bonds is 5. The average molecular weight is 216 g/mol. The van der Waals surface area contributed by atoms with E-state index < -0.39 is 10.4 Å². The van der Waals surface area contributed by atoms with Gasteiger partial charge in [0.15, 0.2) is 0 Å². The van der Waals surface area contributed by atoms with Crippen LogP contribution in [0.5, 0.6) is 0 Å². The highest BCUT2D eigenvalue weighted by molar-refractivity contribution is 7.81. The van der Waals surface area contributed by atoms with Crippen molar-refractivity contribution < 1.29 is 26.3 Å². The highest BCUT2D eigenvalue weighted by Crippen LogP contribution is 1.85. The van der Waals surface area contributed by atoms with Crippen molar-refractivity contribution >= 4 is 10.4 Å². The fraction of sp³-hybridized carbons (Fsp3) is 1.00. The molecule has 0 atom stereocenters. The van der Waals surface area contributed by atoms with E-state index in [0.717, 1.165) is 14.2 Å². The molecule has 7 heteroatoms. The molecule has 0 saturated carbocycles. The first kappa shape index (κ1) is 15.3. The van der Waals surface area contributed by atoms with Gasteiger partial charge >= 0.3 is 10.4 Å². The Labute approximate surface area is 79.1 Å². The van der Waals surface area contributed by atoms with Gasteiger partial charge in [-0.15, -0.1) is 0 Å². The van der Waals surface area contributed by atoms with Gasteiger partial charge in [0.2, 0.25) is 0 Å². The summed E-state index contributed by atoms with van der Waals surface area (Å²) in [6.07, 6.45) is 0. The third-order valence-electron chi connectivity index (χ3n) is 0.900. The lowest BCUT2D eigenvalue weighted by Crippen LogP contribution is -2.02. The molecule has 0 amide bonds.